The zero-order valence-corrected chi connectivity index (χ0v) is 10.1. The quantitative estimate of drug-likeness (QED) is 0.807. The van der Waals surface area contributed by atoms with Crippen LogP contribution in [-0.4, -0.2) is 29.1 Å². The molecule has 0 aromatic carbocycles. The predicted octanol–water partition coefficient (Wildman–Crippen LogP) is 2.27. The largest absolute Gasteiger partial charge is 0.481 e. The first-order valence-corrected chi connectivity index (χ1v) is 5.46. The Morgan fingerprint density at radius 2 is 2.25 bits per heavy atom. The van der Waals surface area contributed by atoms with Gasteiger partial charge in [-0.3, -0.25) is 9.69 Å². The lowest BCUT2D eigenvalue weighted by molar-refractivity contribution is -0.137. The zero-order chi connectivity index (χ0) is 12.1. The van der Waals surface area contributed by atoms with Crippen LogP contribution in [0.15, 0.2) is 16.5 Å². The lowest BCUT2D eigenvalue weighted by Crippen LogP contribution is -2.28. The normalized spacial score (nSPS) is 13.0. The molecule has 4 nitrogen and oxygen atoms in total. The molecule has 1 N–H and O–H groups in total. The lowest BCUT2D eigenvalue weighted by Gasteiger charge is -2.22. The number of hydrogen-bond donors (Lipinski definition) is 1. The fourth-order valence-corrected chi connectivity index (χ4v) is 1.52. The molecular weight excluding hydrogens is 206 g/mol. The summed E-state index contributed by atoms with van der Waals surface area (Å²) in [5, 5.41) is 8.60. The lowest BCUT2D eigenvalue weighted by atomic mass is 10.1. The van der Waals surface area contributed by atoms with E-state index >= 15 is 0 Å². The predicted molar refractivity (Wildman–Crippen MR) is 61.2 cm³/mol. The summed E-state index contributed by atoms with van der Waals surface area (Å²) in [6.07, 6.45) is 0.869. The van der Waals surface area contributed by atoms with Gasteiger partial charge < -0.3 is 9.52 Å². The third-order valence-corrected chi connectivity index (χ3v) is 2.73. The number of hydrogen-bond acceptors (Lipinski definition) is 3. The minimum atomic E-state index is -0.742. The van der Waals surface area contributed by atoms with E-state index in [1.54, 1.807) is 0 Å². The van der Waals surface area contributed by atoms with Gasteiger partial charge in [0.05, 0.1) is 6.54 Å². The van der Waals surface area contributed by atoms with E-state index in [1.807, 2.05) is 33.0 Å². The first kappa shape index (κ1) is 12.8. The van der Waals surface area contributed by atoms with Crippen molar-refractivity contribution in [2.75, 3.05) is 7.05 Å². The van der Waals surface area contributed by atoms with Gasteiger partial charge in [0.1, 0.15) is 11.5 Å². The van der Waals surface area contributed by atoms with Gasteiger partial charge in [0, 0.05) is 12.5 Å². The Labute approximate surface area is 95.9 Å². The molecule has 1 atom stereocenters. The highest BCUT2D eigenvalue weighted by atomic mass is 16.4. The van der Waals surface area contributed by atoms with Crippen LogP contribution in [0.2, 0.25) is 0 Å². The third-order valence-electron chi connectivity index (χ3n) is 2.73. The van der Waals surface area contributed by atoms with Gasteiger partial charge in [0.25, 0.3) is 0 Å². The summed E-state index contributed by atoms with van der Waals surface area (Å²) in [6.45, 7) is 4.66. The van der Waals surface area contributed by atoms with Crippen molar-refractivity contribution in [1.29, 1.82) is 0 Å². The van der Waals surface area contributed by atoms with E-state index < -0.39 is 5.97 Å². The zero-order valence-electron chi connectivity index (χ0n) is 10.1. The van der Waals surface area contributed by atoms with Gasteiger partial charge in [-0.15, -0.1) is 0 Å². The number of aliphatic carboxylic acids is 1. The van der Waals surface area contributed by atoms with Gasteiger partial charge in [-0.05, 0) is 39.4 Å². The molecule has 0 bridgehead atoms. The molecule has 0 fully saturated rings. The number of rotatable bonds is 6. The van der Waals surface area contributed by atoms with Crippen molar-refractivity contribution >= 4 is 5.97 Å². The van der Waals surface area contributed by atoms with Gasteiger partial charge in [0.15, 0.2) is 0 Å². The van der Waals surface area contributed by atoms with Crippen LogP contribution in [0.1, 0.15) is 31.3 Å². The van der Waals surface area contributed by atoms with E-state index in [9.17, 15) is 4.79 Å². The average Bonchev–Trinajstić information content (AvgIpc) is 2.60. The summed E-state index contributed by atoms with van der Waals surface area (Å²) in [5.74, 6) is 1.08. The molecule has 1 unspecified atom stereocenters. The molecule has 1 aromatic heterocycles. The molecule has 0 saturated carbocycles. The van der Waals surface area contributed by atoms with Crippen LogP contribution in [0.25, 0.3) is 0 Å². The molecule has 0 saturated heterocycles. The minimum Gasteiger partial charge on any atom is -0.481 e. The smallest absolute Gasteiger partial charge is 0.303 e. The highest BCUT2D eigenvalue weighted by molar-refractivity contribution is 5.66. The van der Waals surface area contributed by atoms with Crippen LogP contribution in [0.4, 0.5) is 0 Å². The van der Waals surface area contributed by atoms with Crippen molar-refractivity contribution in [3.63, 3.8) is 0 Å². The molecule has 1 rings (SSSR count). The number of carbonyl (C=O) groups is 1. The molecule has 90 valence electrons. The van der Waals surface area contributed by atoms with Crippen LogP contribution in [-0.2, 0) is 11.3 Å². The fourth-order valence-electron chi connectivity index (χ4n) is 1.52. The Morgan fingerprint density at radius 3 is 2.75 bits per heavy atom. The maximum atomic E-state index is 10.5. The van der Waals surface area contributed by atoms with Crippen LogP contribution < -0.4 is 0 Å². The van der Waals surface area contributed by atoms with Gasteiger partial charge in [0.2, 0.25) is 0 Å². The maximum Gasteiger partial charge on any atom is 0.303 e. The Morgan fingerprint density at radius 1 is 1.56 bits per heavy atom. The van der Waals surface area contributed by atoms with Crippen LogP contribution in [0.3, 0.4) is 0 Å². The number of furan rings is 1. The first-order valence-electron chi connectivity index (χ1n) is 5.46. The Bertz CT molecular complexity index is 346. The van der Waals surface area contributed by atoms with E-state index in [2.05, 4.69) is 4.90 Å². The average molecular weight is 225 g/mol. The van der Waals surface area contributed by atoms with Crippen molar-refractivity contribution in [3.05, 3.63) is 23.7 Å². The summed E-state index contributed by atoms with van der Waals surface area (Å²) in [4.78, 5) is 12.5. The highest BCUT2D eigenvalue weighted by Crippen LogP contribution is 2.12. The van der Waals surface area contributed by atoms with E-state index in [-0.39, 0.29) is 12.5 Å². The van der Waals surface area contributed by atoms with E-state index in [0.29, 0.717) is 13.0 Å². The molecule has 0 aliphatic rings. The van der Waals surface area contributed by atoms with Crippen molar-refractivity contribution in [3.8, 4) is 0 Å². The van der Waals surface area contributed by atoms with Crippen LogP contribution in [0, 0.1) is 6.92 Å². The summed E-state index contributed by atoms with van der Waals surface area (Å²) in [6, 6.07) is 4.13. The number of aryl methyl sites for hydroxylation is 1. The van der Waals surface area contributed by atoms with Gasteiger partial charge >= 0.3 is 5.97 Å². The van der Waals surface area contributed by atoms with Crippen molar-refractivity contribution < 1.29 is 14.3 Å². The third kappa shape index (κ3) is 4.06. The topological polar surface area (TPSA) is 53.7 Å². The maximum absolute atomic E-state index is 10.5. The molecule has 0 spiro atoms. The SMILES string of the molecule is Cc1ccc(CN(C)C(C)CCC(=O)O)o1. The molecule has 16 heavy (non-hydrogen) atoms. The van der Waals surface area contributed by atoms with E-state index in [1.165, 1.54) is 0 Å². The second kappa shape index (κ2) is 5.70. The number of carboxylic acids is 1. The van der Waals surface area contributed by atoms with Crippen LogP contribution >= 0.6 is 0 Å². The molecule has 0 aliphatic heterocycles. The fraction of sp³-hybridized carbons (Fsp3) is 0.583. The van der Waals surface area contributed by atoms with E-state index in [4.69, 9.17) is 9.52 Å². The second-order valence-corrected chi connectivity index (χ2v) is 4.21. The number of carboxylic acid groups (broad SMARTS) is 1. The molecule has 0 amide bonds. The highest BCUT2D eigenvalue weighted by Gasteiger charge is 2.12. The van der Waals surface area contributed by atoms with Crippen molar-refractivity contribution in [2.45, 2.75) is 39.3 Å². The van der Waals surface area contributed by atoms with Gasteiger partial charge in [-0.25, -0.2) is 0 Å². The molecule has 1 heterocycles. The summed E-state index contributed by atoms with van der Waals surface area (Å²) < 4.78 is 5.47. The van der Waals surface area contributed by atoms with E-state index in [0.717, 1.165) is 11.5 Å². The summed E-state index contributed by atoms with van der Waals surface area (Å²) in [5.41, 5.74) is 0. The van der Waals surface area contributed by atoms with Crippen molar-refractivity contribution in [2.24, 2.45) is 0 Å². The van der Waals surface area contributed by atoms with Crippen molar-refractivity contribution in [1.82, 2.24) is 4.90 Å². The molecule has 4 heteroatoms. The van der Waals surface area contributed by atoms with Gasteiger partial charge in [-0.1, -0.05) is 0 Å². The molecular formula is C12H19NO3. The summed E-state index contributed by atoms with van der Waals surface area (Å²) in [7, 11) is 1.98. The molecule has 0 aliphatic carbocycles. The Balaban J connectivity index is 2.39. The van der Waals surface area contributed by atoms with Gasteiger partial charge in [-0.2, -0.15) is 0 Å². The Kier molecular flexibility index (Phi) is 4.55. The monoisotopic (exact) mass is 225 g/mol. The summed E-state index contributed by atoms with van der Waals surface area (Å²) >= 11 is 0. The Hall–Kier alpha value is -1.29. The number of nitrogens with zero attached hydrogens (tertiary/aromatic N) is 1. The second-order valence-electron chi connectivity index (χ2n) is 4.21. The molecule has 0 radical (unpaired) electrons. The standard InChI is InChI=1S/C12H19NO3/c1-9(4-7-12(14)15)13(3)8-11-6-5-10(2)16-11/h5-6,9H,4,7-8H2,1-3H3,(H,14,15). The minimum absolute atomic E-state index is 0.211. The van der Waals surface area contributed by atoms with Crippen LogP contribution in [0.5, 0.6) is 0 Å². The first-order chi connectivity index (χ1) is 7.49. The molecule has 1 aromatic rings.